The van der Waals surface area contributed by atoms with Crippen LogP contribution < -0.4 is 0 Å². The van der Waals surface area contributed by atoms with E-state index < -0.39 is 0 Å². The third kappa shape index (κ3) is 4.96. The molecule has 1 atom stereocenters. The van der Waals surface area contributed by atoms with E-state index in [0.29, 0.717) is 22.9 Å². The highest BCUT2D eigenvalue weighted by Crippen LogP contribution is 2.16. The van der Waals surface area contributed by atoms with Crippen molar-refractivity contribution in [3.05, 3.63) is 34.1 Å². The van der Waals surface area contributed by atoms with Crippen LogP contribution in [0, 0.1) is 5.82 Å². The number of benzene rings is 1. The number of carbonyl (C=O) groups excluding carboxylic acids is 1. The summed E-state index contributed by atoms with van der Waals surface area (Å²) in [4.78, 5) is 11.6. The van der Waals surface area contributed by atoms with Gasteiger partial charge in [0.05, 0.1) is 6.10 Å². The molecule has 4 heteroatoms. The van der Waals surface area contributed by atoms with Gasteiger partial charge in [0.25, 0.3) is 0 Å². The van der Waals surface area contributed by atoms with Crippen molar-refractivity contribution in [1.82, 2.24) is 0 Å². The van der Waals surface area contributed by atoms with E-state index in [1.807, 2.05) is 6.92 Å². The minimum absolute atomic E-state index is 0.0372. The summed E-state index contributed by atoms with van der Waals surface area (Å²) in [5, 5.41) is 0. The number of methoxy groups -OCH3 is 1. The molecular weight excluding hydrogens is 287 g/mol. The molecule has 1 aromatic rings. The molecule has 1 rings (SSSR count). The van der Waals surface area contributed by atoms with Crippen molar-refractivity contribution in [3.63, 3.8) is 0 Å². The van der Waals surface area contributed by atoms with Crippen LogP contribution in [0.1, 0.15) is 25.3 Å². The van der Waals surface area contributed by atoms with E-state index in [9.17, 15) is 9.18 Å². The number of hydrogen-bond acceptors (Lipinski definition) is 2. The van der Waals surface area contributed by atoms with Crippen LogP contribution in [-0.4, -0.2) is 19.0 Å². The monoisotopic (exact) mass is 302 g/mol. The molecule has 0 spiro atoms. The molecule has 94 valence electrons. The summed E-state index contributed by atoms with van der Waals surface area (Å²) in [7, 11) is 1.61. The van der Waals surface area contributed by atoms with E-state index in [2.05, 4.69) is 15.9 Å². The lowest BCUT2D eigenvalue weighted by molar-refractivity contribution is -0.119. The zero-order valence-electron chi connectivity index (χ0n) is 10.0. The van der Waals surface area contributed by atoms with Crippen LogP contribution in [0.25, 0.3) is 0 Å². The third-order valence-electron chi connectivity index (χ3n) is 2.63. The Labute approximate surface area is 109 Å². The van der Waals surface area contributed by atoms with Crippen molar-refractivity contribution in [2.45, 2.75) is 32.3 Å². The van der Waals surface area contributed by atoms with Gasteiger partial charge in [-0.25, -0.2) is 4.39 Å². The standard InChI is InChI=1S/C13H16BrFO2/c1-9(17-2)3-6-12(16)7-10-4-5-11(14)8-13(10)15/h4-5,8-9H,3,6-7H2,1-2H3. The van der Waals surface area contributed by atoms with Gasteiger partial charge >= 0.3 is 0 Å². The maximum Gasteiger partial charge on any atom is 0.137 e. The zero-order chi connectivity index (χ0) is 12.8. The van der Waals surface area contributed by atoms with Gasteiger partial charge in [-0.15, -0.1) is 0 Å². The minimum Gasteiger partial charge on any atom is -0.382 e. The Balaban J connectivity index is 2.50. The van der Waals surface area contributed by atoms with Crippen LogP contribution in [0.4, 0.5) is 4.39 Å². The summed E-state index contributed by atoms with van der Waals surface area (Å²) in [6.07, 6.45) is 1.31. The van der Waals surface area contributed by atoms with E-state index in [1.165, 1.54) is 6.07 Å². The largest absolute Gasteiger partial charge is 0.382 e. The first-order chi connectivity index (χ1) is 8.02. The SMILES string of the molecule is COC(C)CCC(=O)Cc1ccc(Br)cc1F. The Morgan fingerprint density at radius 1 is 1.53 bits per heavy atom. The van der Waals surface area contributed by atoms with Gasteiger partial charge in [-0.05, 0) is 31.0 Å². The van der Waals surface area contributed by atoms with Crippen LogP contribution in [0.5, 0.6) is 0 Å². The first-order valence-corrected chi connectivity index (χ1v) is 6.30. The number of rotatable bonds is 6. The Kier molecular flexibility index (Phi) is 5.78. The second kappa shape index (κ2) is 6.87. The molecule has 0 heterocycles. The molecule has 0 aliphatic heterocycles. The van der Waals surface area contributed by atoms with Crippen LogP contribution in [0.15, 0.2) is 22.7 Å². The molecule has 0 amide bonds. The molecule has 0 bridgehead atoms. The number of Topliss-reactive ketones (excluding diaryl/α,β-unsaturated/α-hetero) is 1. The Morgan fingerprint density at radius 3 is 2.82 bits per heavy atom. The molecule has 17 heavy (non-hydrogen) atoms. The molecule has 0 aliphatic rings. The van der Waals surface area contributed by atoms with Gasteiger partial charge in [-0.3, -0.25) is 4.79 Å². The average Bonchev–Trinajstić information content (AvgIpc) is 2.29. The normalized spacial score (nSPS) is 12.5. The van der Waals surface area contributed by atoms with Crippen molar-refractivity contribution in [2.24, 2.45) is 0 Å². The fourth-order valence-electron chi connectivity index (χ4n) is 1.45. The summed E-state index contributed by atoms with van der Waals surface area (Å²) >= 11 is 3.18. The van der Waals surface area contributed by atoms with Gasteiger partial charge in [0.1, 0.15) is 11.6 Å². The summed E-state index contributed by atoms with van der Waals surface area (Å²) in [5.74, 6) is -0.303. The molecular formula is C13H16BrFO2. The maximum absolute atomic E-state index is 13.5. The van der Waals surface area contributed by atoms with E-state index in [-0.39, 0.29) is 24.1 Å². The highest BCUT2D eigenvalue weighted by atomic mass is 79.9. The predicted octanol–water partition coefficient (Wildman–Crippen LogP) is 3.51. The van der Waals surface area contributed by atoms with Crippen LogP contribution in [0.2, 0.25) is 0 Å². The first-order valence-electron chi connectivity index (χ1n) is 5.51. The van der Waals surface area contributed by atoms with Crippen molar-refractivity contribution in [2.75, 3.05) is 7.11 Å². The smallest absolute Gasteiger partial charge is 0.137 e. The highest BCUT2D eigenvalue weighted by Gasteiger charge is 2.10. The highest BCUT2D eigenvalue weighted by molar-refractivity contribution is 9.10. The molecule has 0 N–H and O–H groups in total. The van der Waals surface area contributed by atoms with Gasteiger partial charge in [0, 0.05) is 24.4 Å². The predicted molar refractivity (Wildman–Crippen MR) is 68.5 cm³/mol. The van der Waals surface area contributed by atoms with Gasteiger partial charge in [-0.2, -0.15) is 0 Å². The molecule has 0 fully saturated rings. The Bertz CT molecular complexity index is 393. The molecule has 0 saturated carbocycles. The summed E-state index contributed by atoms with van der Waals surface area (Å²) in [6, 6.07) is 4.75. The number of halogens is 2. The minimum atomic E-state index is -0.340. The topological polar surface area (TPSA) is 26.3 Å². The quantitative estimate of drug-likeness (QED) is 0.804. The molecule has 0 aromatic heterocycles. The summed E-state index contributed by atoms with van der Waals surface area (Å²) in [5.41, 5.74) is 0.447. The van der Waals surface area contributed by atoms with E-state index >= 15 is 0 Å². The van der Waals surface area contributed by atoms with Crippen LogP contribution in [-0.2, 0) is 16.0 Å². The summed E-state index contributed by atoms with van der Waals surface area (Å²) in [6.45, 7) is 1.91. The van der Waals surface area contributed by atoms with Crippen molar-refractivity contribution >= 4 is 21.7 Å². The van der Waals surface area contributed by atoms with Crippen LogP contribution in [0.3, 0.4) is 0 Å². The van der Waals surface area contributed by atoms with Gasteiger partial charge in [0.15, 0.2) is 0 Å². The van der Waals surface area contributed by atoms with E-state index in [4.69, 9.17) is 4.74 Å². The number of carbonyl (C=O) groups is 1. The molecule has 1 unspecified atom stereocenters. The second-order valence-corrected chi connectivity index (χ2v) is 4.95. The van der Waals surface area contributed by atoms with Crippen LogP contribution >= 0.6 is 15.9 Å². The maximum atomic E-state index is 13.5. The average molecular weight is 303 g/mol. The third-order valence-corrected chi connectivity index (χ3v) is 3.13. The fourth-order valence-corrected chi connectivity index (χ4v) is 1.78. The molecule has 0 aliphatic carbocycles. The van der Waals surface area contributed by atoms with Gasteiger partial charge in [-0.1, -0.05) is 22.0 Å². The first kappa shape index (κ1) is 14.3. The Hall–Kier alpha value is -0.740. The van der Waals surface area contributed by atoms with E-state index in [0.717, 1.165) is 0 Å². The lowest BCUT2D eigenvalue weighted by atomic mass is 10.0. The van der Waals surface area contributed by atoms with Crippen molar-refractivity contribution in [3.8, 4) is 0 Å². The number of ketones is 1. The van der Waals surface area contributed by atoms with E-state index in [1.54, 1.807) is 19.2 Å². The van der Waals surface area contributed by atoms with Gasteiger partial charge in [0.2, 0.25) is 0 Å². The van der Waals surface area contributed by atoms with Crippen molar-refractivity contribution < 1.29 is 13.9 Å². The molecule has 1 aromatic carbocycles. The zero-order valence-corrected chi connectivity index (χ0v) is 11.6. The molecule has 2 nitrogen and oxygen atoms in total. The lowest BCUT2D eigenvalue weighted by Crippen LogP contribution is -2.10. The van der Waals surface area contributed by atoms with Crippen molar-refractivity contribution in [1.29, 1.82) is 0 Å². The second-order valence-electron chi connectivity index (χ2n) is 4.04. The number of ether oxygens (including phenoxy) is 1. The molecule has 0 radical (unpaired) electrons. The summed E-state index contributed by atoms with van der Waals surface area (Å²) < 4.78 is 19.2. The molecule has 0 saturated heterocycles. The fraction of sp³-hybridized carbons (Fsp3) is 0.462. The number of hydrogen-bond donors (Lipinski definition) is 0. The van der Waals surface area contributed by atoms with Gasteiger partial charge < -0.3 is 4.74 Å². The Morgan fingerprint density at radius 2 is 2.24 bits per heavy atom. The lowest BCUT2D eigenvalue weighted by Gasteiger charge is -2.08.